The van der Waals surface area contributed by atoms with E-state index < -0.39 is 0 Å². The summed E-state index contributed by atoms with van der Waals surface area (Å²) < 4.78 is 0. The van der Waals surface area contributed by atoms with Crippen LogP contribution in [0.4, 0.5) is 5.69 Å². The summed E-state index contributed by atoms with van der Waals surface area (Å²) >= 11 is 1.29. The predicted molar refractivity (Wildman–Crippen MR) is 118 cm³/mol. The first-order valence-electron chi connectivity index (χ1n) is 9.95. The number of aromatic amines is 1. The number of hydrogen-bond donors (Lipinski definition) is 2. The molecule has 1 unspecified atom stereocenters. The summed E-state index contributed by atoms with van der Waals surface area (Å²) in [6.45, 7) is 10.7. The summed E-state index contributed by atoms with van der Waals surface area (Å²) in [4.78, 5) is 36.7. The first kappa shape index (κ1) is 19.8. The van der Waals surface area contributed by atoms with Crippen LogP contribution in [0.1, 0.15) is 45.5 Å². The molecular formula is C22H26N4O2S. The fraction of sp³-hybridized carbons (Fsp3) is 0.409. The van der Waals surface area contributed by atoms with Crippen molar-refractivity contribution in [3.63, 3.8) is 0 Å². The summed E-state index contributed by atoms with van der Waals surface area (Å²) in [6.07, 6.45) is 1.17. The molecule has 0 bridgehead atoms. The standard InChI is InChI=1S/C22H26N4O2S/c1-12-5-6-16(14(3)9-12)23-21(28)19-15(4)18-20(27)24-17(25-22(18)29-19)11-26-8-7-13(2)10-26/h5-6,9,13H,7-8,10-11H2,1-4H3,(H,23,28)(H,24,25,27). The molecule has 2 aromatic heterocycles. The van der Waals surface area contributed by atoms with Crippen molar-refractivity contribution < 1.29 is 4.79 Å². The lowest BCUT2D eigenvalue weighted by atomic mass is 10.1. The van der Waals surface area contributed by atoms with Crippen molar-refractivity contribution in [2.75, 3.05) is 18.4 Å². The molecule has 1 fully saturated rings. The van der Waals surface area contributed by atoms with Crippen molar-refractivity contribution in [1.29, 1.82) is 0 Å². The maximum atomic E-state index is 12.9. The third kappa shape index (κ3) is 3.97. The highest BCUT2D eigenvalue weighted by atomic mass is 32.1. The van der Waals surface area contributed by atoms with E-state index in [4.69, 9.17) is 0 Å². The summed E-state index contributed by atoms with van der Waals surface area (Å²) in [7, 11) is 0. The number of anilines is 1. The Labute approximate surface area is 174 Å². The zero-order chi connectivity index (χ0) is 20.7. The molecule has 2 N–H and O–H groups in total. The van der Waals surface area contributed by atoms with Gasteiger partial charge in [-0.2, -0.15) is 0 Å². The fourth-order valence-electron chi connectivity index (χ4n) is 3.99. The molecule has 1 aromatic carbocycles. The second kappa shape index (κ2) is 7.72. The highest BCUT2D eigenvalue weighted by molar-refractivity contribution is 7.20. The van der Waals surface area contributed by atoms with Crippen LogP contribution < -0.4 is 10.9 Å². The summed E-state index contributed by atoms with van der Waals surface area (Å²) in [5.74, 6) is 1.14. The van der Waals surface area contributed by atoms with Crippen LogP contribution in [0.2, 0.25) is 0 Å². The number of likely N-dealkylation sites (tertiary alicyclic amines) is 1. The maximum absolute atomic E-state index is 12.9. The number of carbonyl (C=O) groups excluding carboxylic acids is 1. The van der Waals surface area contributed by atoms with Crippen LogP contribution in [0, 0.1) is 26.7 Å². The van der Waals surface area contributed by atoms with Crippen molar-refractivity contribution in [2.45, 2.75) is 40.7 Å². The predicted octanol–water partition coefficient (Wildman–Crippen LogP) is 4.00. The van der Waals surface area contributed by atoms with Gasteiger partial charge in [0.25, 0.3) is 11.5 Å². The average Bonchev–Trinajstić information content (AvgIpc) is 3.20. The van der Waals surface area contributed by atoms with Gasteiger partial charge in [0.2, 0.25) is 0 Å². The lowest BCUT2D eigenvalue weighted by Gasteiger charge is -2.13. The van der Waals surface area contributed by atoms with E-state index in [2.05, 4.69) is 27.1 Å². The van der Waals surface area contributed by atoms with Crippen LogP contribution in [-0.2, 0) is 6.54 Å². The number of hydrogen-bond acceptors (Lipinski definition) is 5. The molecule has 3 heterocycles. The third-order valence-corrected chi connectivity index (χ3v) is 6.75. The van der Waals surface area contributed by atoms with E-state index in [-0.39, 0.29) is 11.5 Å². The van der Waals surface area contributed by atoms with Gasteiger partial charge in [-0.05, 0) is 56.8 Å². The summed E-state index contributed by atoms with van der Waals surface area (Å²) in [5, 5.41) is 3.49. The maximum Gasteiger partial charge on any atom is 0.266 e. The molecule has 1 atom stereocenters. The Bertz CT molecular complexity index is 1150. The van der Waals surface area contributed by atoms with Gasteiger partial charge in [0, 0.05) is 12.2 Å². The van der Waals surface area contributed by atoms with Crippen molar-refractivity contribution in [3.05, 3.63) is 55.9 Å². The number of H-pyrrole nitrogens is 1. The number of rotatable bonds is 4. The van der Waals surface area contributed by atoms with Crippen LogP contribution in [-0.4, -0.2) is 33.9 Å². The van der Waals surface area contributed by atoms with E-state index in [1.54, 1.807) is 0 Å². The van der Waals surface area contributed by atoms with Gasteiger partial charge in [0.15, 0.2) is 0 Å². The molecule has 152 valence electrons. The molecule has 1 aliphatic rings. The van der Waals surface area contributed by atoms with E-state index >= 15 is 0 Å². The zero-order valence-corrected chi connectivity index (χ0v) is 18.1. The molecule has 1 saturated heterocycles. The summed E-state index contributed by atoms with van der Waals surface area (Å²) in [6, 6.07) is 5.91. The van der Waals surface area contributed by atoms with Gasteiger partial charge in [0.1, 0.15) is 10.7 Å². The molecule has 0 aliphatic carbocycles. The van der Waals surface area contributed by atoms with Gasteiger partial charge in [-0.3, -0.25) is 14.5 Å². The van der Waals surface area contributed by atoms with Gasteiger partial charge in [0.05, 0.1) is 16.8 Å². The molecule has 4 rings (SSSR count). The number of amides is 1. The minimum atomic E-state index is -0.202. The van der Waals surface area contributed by atoms with Crippen molar-refractivity contribution in [2.24, 2.45) is 5.92 Å². The van der Waals surface area contributed by atoms with Crippen molar-refractivity contribution in [1.82, 2.24) is 14.9 Å². The topological polar surface area (TPSA) is 78.1 Å². The van der Waals surface area contributed by atoms with E-state index in [1.165, 1.54) is 17.8 Å². The quantitative estimate of drug-likeness (QED) is 0.681. The molecular weight excluding hydrogens is 384 g/mol. The van der Waals surface area contributed by atoms with Gasteiger partial charge in [-0.25, -0.2) is 4.98 Å². The Morgan fingerprint density at radius 2 is 2.14 bits per heavy atom. The first-order chi connectivity index (χ1) is 13.8. The van der Waals surface area contributed by atoms with Gasteiger partial charge < -0.3 is 10.3 Å². The molecule has 1 amide bonds. The van der Waals surface area contributed by atoms with E-state index in [0.29, 0.717) is 38.9 Å². The lowest BCUT2D eigenvalue weighted by molar-refractivity contribution is 0.103. The van der Waals surface area contributed by atoms with E-state index in [0.717, 1.165) is 29.9 Å². The second-order valence-corrected chi connectivity index (χ2v) is 9.15. The summed E-state index contributed by atoms with van der Waals surface area (Å²) in [5.41, 5.74) is 3.45. The van der Waals surface area contributed by atoms with Crippen LogP contribution in [0.15, 0.2) is 23.0 Å². The molecule has 3 aromatic rings. The Morgan fingerprint density at radius 3 is 2.83 bits per heavy atom. The molecule has 7 heteroatoms. The number of fused-ring (bicyclic) bond motifs is 1. The van der Waals surface area contributed by atoms with Crippen LogP contribution in [0.3, 0.4) is 0 Å². The van der Waals surface area contributed by atoms with Crippen LogP contribution in [0.25, 0.3) is 10.2 Å². The van der Waals surface area contributed by atoms with Crippen LogP contribution >= 0.6 is 11.3 Å². The SMILES string of the molecule is Cc1ccc(NC(=O)c2sc3nc(CN4CCC(C)C4)[nH]c(=O)c3c2C)c(C)c1. The first-order valence-corrected chi connectivity index (χ1v) is 10.8. The smallest absolute Gasteiger partial charge is 0.266 e. The van der Waals surface area contributed by atoms with E-state index in [1.807, 2.05) is 39.0 Å². The Hall–Kier alpha value is -2.51. The number of aryl methyl sites for hydroxylation is 3. The normalized spacial score (nSPS) is 17.2. The van der Waals surface area contributed by atoms with Crippen molar-refractivity contribution in [3.8, 4) is 0 Å². The van der Waals surface area contributed by atoms with E-state index in [9.17, 15) is 9.59 Å². The Morgan fingerprint density at radius 1 is 1.34 bits per heavy atom. The number of carbonyl (C=O) groups is 1. The molecule has 6 nitrogen and oxygen atoms in total. The monoisotopic (exact) mass is 410 g/mol. The average molecular weight is 411 g/mol. The third-order valence-electron chi connectivity index (χ3n) is 5.57. The molecule has 0 saturated carbocycles. The highest BCUT2D eigenvalue weighted by Crippen LogP contribution is 2.29. The highest BCUT2D eigenvalue weighted by Gasteiger charge is 2.22. The van der Waals surface area contributed by atoms with Crippen molar-refractivity contribution >= 4 is 33.1 Å². The Kier molecular flexibility index (Phi) is 5.27. The zero-order valence-electron chi connectivity index (χ0n) is 17.3. The number of benzene rings is 1. The minimum Gasteiger partial charge on any atom is -0.321 e. The molecule has 0 spiro atoms. The Balaban J connectivity index is 1.63. The lowest BCUT2D eigenvalue weighted by Crippen LogP contribution is -2.23. The second-order valence-electron chi connectivity index (χ2n) is 8.15. The fourth-order valence-corrected chi connectivity index (χ4v) is 5.09. The minimum absolute atomic E-state index is 0.170. The largest absolute Gasteiger partial charge is 0.321 e. The molecule has 29 heavy (non-hydrogen) atoms. The molecule has 1 aliphatic heterocycles. The van der Waals surface area contributed by atoms with Gasteiger partial charge in [-0.15, -0.1) is 11.3 Å². The number of aromatic nitrogens is 2. The van der Waals surface area contributed by atoms with Gasteiger partial charge in [-0.1, -0.05) is 24.6 Å². The molecule has 0 radical (unpaired) electrons. The van der Waals surface area contributed by atoms with Crippen LogP contribution in [0.5, 0.6) is 0 Å². The number of thiophene rings is 1. The van der Waals surface area contributed by atoms with Gasteiger partial charge >= 0.3 is 0 Å². The number of nitrogens with zero attached hydrogens (tertiary/aromatic N) is 2. The number of nitrogens with one attached hydrogen (secondary N) is 2.